The van der Waals surface area contributed by atoms with Crippen LogP contribution in [-0.4, -0.2) is 27.1 Å². The van der Waals surface area contributed by atoms with Crippen molar-refractivity contribution in [3.63, 3.8) is 0 Å². The number of benzene rings is 1. The van der Waals surface area contributed by atoms with Crippen LogP contribution in [0.2, 0.25) is 0 Å². The summed E-state index contributed by atoms with van der Waals surface area (Å²) in [6.07, 6.45) is 5.82. The molecule has 2 aromatic rings. The topological polar surface area (TPSA) is 99.1 Å². The summed E-state index contributed by atoms with van der Waals surface area (Å²) in [4.78, 5) is 38.0. The Morgan fingerprint density at radius 2 is 1.75 bits per heavy atom. The fourth-order valence-electron chi connectivity index (χ4n) is 4.11. The van der Waals surface area contributed by atoms with Crippen molar-refractivity contribution in [2.75, 3.05) is 0 Å². The van der Waals surface area contributed by atoms with Gasteiger partial charge in [0.05, 0.1) is 11.0 Å². The lowest BCUT2D eigenvalue weighted by Gasteiger charge is -2.28. The maximum atomic E-state index is 13.2. The number of aromatic nitrogens is 2. The first-order valence-electron chi connectivity index (χ1n) is 10.0. The van der Waals surface area contributed by atoms with Crippen molar-refractivity contribution in [1.29, 1.82) is 0 Å². The first-order chi connectivity index (χ1) is 13.2. The summed E-state index contributed by atoms with van der Waals surface area (Å²) < 4.78 is 2.82. The monoisotopic (exact) mass is 386 g/mol. The molecule has 1 aromatic carbocycles. The first-order valence-corrected chi connectivity index (χ1v) is 10.0. The number of rotatable bonds is 4. The van der Waals surface area contributed by atoms with Gasteiger partial charge in [-0.25, -0.2) is 14.2 Å². The molecule has 7 nitrogen and oxygen atoms in total. The molecule has 1 aromatic heterocycles. The average molecular weight is 386 g/mol. The normalized spacial score (nSPS) is 16.8. The van der Waals surface area contributed by atoms with Crippen molar-refractivity contribution in [2.24, 2.45) is 17.1 Å². The molecule has 3 N–H and O–H groups in total. The van der Waals surface area contributed by atoms with E-state index >= 15 is 0 Å². The Morgan fingerprint density at radius 1 is 1.14 bits per heavy atom. The zero-order valence-corrected chi connectivity index (χ0v) is 16.9. The molecule has 0 unspecified atom stereocenters. The summed E-state index contributed by atoms with van der Waals surface area (Å²) in [6, 6.07) is 5.77. The third-order valence-corrected chi connectivity index (χ3v) is 5.62. The number of primary amides is 1. The number of imidazole rings is 1. The van der Waals surface area contributed by atoms with E-state index < -0.39 is 23.4 Å². The number of nitrogens with two attached hydrogens (primary N) is 1. The number of hydrogen-bond donors (Lipinski definition) is 2. The SMILES string of the molecule is CC(C)(C)[C@H](NC(=O)n1c(=O)n(CC2CCCCC2)c2ccccc21)C(N)=O. The van der Waals surface area contributed by atoms with Gasteiger partial charge in [-0.1, -0.05) is 52.2 Å². The predicted molar refractivity (Wildman–Crippen MR) is 109 cm³/mol. The second-order valence-electron chi connectivity index (χ2n) is 8.87. The van der Waals surface area contributed by atoms with Gasteiger partial charge in [0, 0.05) is 6.54 Å². The van der Waals surface area contributed by atoms with E-state index in [4.69, 9.17) is 5.73 Å². The van der Waals surface area contributed by atoms with Crippen LogP contribution in [0.25, 0.3) is 11.0 Å². The molecule has 1 fully saturated rings. The van der Waals surface area contributed by atoms with E-state index in [1.807, 2.05) is 32.9 Å². The molecule has 0 bridgehead atoms. The Balaban J connectivity index is 1.99. The molecule has 28 heavy (non-hydrogen) atoms. The van der Waals surface area contributed by atoms with E-state index in [-0.39, 0.29) is 5.69 Å². The van der Waals surface area contributed by atoms with Gasteiger partial charge in [-0.2, -0.15) is 0 Å². The predicted octanol–water partition coefficient (Wildman–Crippen LogP) is 2.84. The smallest absolute Gasteiger partial charge is 0.337 e. The van der Waals surface area contributed by atoms with Gasteiger partial charge in [-0.15, -0.1) is 0 Å². The lowest BCUT2D eigenvalue weighted by atomic mass is 9.86. The number of hydrogen-bond acceptors (Lipinski definition) is 3. The van der Waals surface area contributed by atoms with Gasteiger partial charge in [-0.3, -0.25) is 9.36 Å². The lowest BCUT2D eigenvalue weighted by molar-refractivity contribution is -0.122. The summed E-state index contributed by atoms with van der Waals surface area (Å²) in [5, 5.41) is 2.66. The van der Waals surface area contributed by atoms with Crippen LogP contribution in [-0.2, 0) is 11.3 Å². The highest BCUT2D eigenvalue weighted by atomic mass is 16.2. The van der Waals surface area contributed by atoms with Crippen LogP contribution < -0.4 is 16.7 Å². The van der Waals surface area contributed by atoms with Crippen molar-refractivity contribution in [1.82, 2.24) is 14.5 Å². The molecular formula is C21H30N4O3. The molecule has 1 aliphatic carbocycles. The molecule has 3 rings (SSSR count). The van der Waals surface area contributed by atoms with Crippen molar-refractivity contribution < 1.29 is 9.59 Å². The van der Waals surface area contributed by atoms with Gasteiger partial charge >= 0.3 is 11.7 Å². The van der Waals surface area contributed by atoms with Crippen molar-refractivity contribution >= 4 is 23.0 Å². The molecular weight excluding hydrogens is 356 g/mol. The van der Waals surface area contributed by atoms with E-state index in [0.717, 1.165) is 22.9 Å². The number of nitrogens with one attached hydrogen (secondary N) is 1. The summed E-state index contributed by atoms with van der Waals surface area (Å²) in [6.45, 7) is 6.06. The summed E-state index contributed by atoms with van der Waals surface area (Å²) in [5.74, 6) is -0.179. The highest BCUT2D eigenvalue weighted by Crippen LogP contribution is 2.26. The molecule has 0 aliphatic heterocycles. The van der Waals surface area contributed by atoms with Crippen LogP contribution in [0.15, 0.2) is 29.1 Å². The molecule has 152 valence electrons. The van der Waals surface area contributed by atoms with Crippen LogP contribution in [0.1, 0.15) is 52.9 Å². The standard InChI is InChI=1S/C21H30N4O3/c1-21(2,3)17(18(22)26)23-19(27)25-16-12-8-7-11-15(16)24(20(25)28)13-14-9-5-4-6-10-14/h7-8,11-12,14,17H,4-6,9-10,13H2,1-3H3,(H2,22,26)(H,23,27)/t17-/m1/s1. The minimum atomic E-state index is -0.882. The third kappa shape index (κ3) is 3.98. The Labute approximate surface area is 164 Å². The minimum Gasteiger partial charge on any atom is -0.368 e. The van der Waals surface area contributed by atoms with Gasteiger partial charge in [0.15, 0.2) is 0 Å². The second-order valence-corrected chi connectivity index (χ2v) is 8.87. The first kappa shape index (κ1) is 20.2. The van der Waals surface area contributed by atoms with E-state index in [0.29, 0.717) is 18.0 Å². The van der Waals surface area contributed by atoms with Crippen LogP contribution >= 0.6 is 0 Å². The maximum absolute atomic E-state index is 13.2. The van der Waals surface area contributed by atoms with E-state index in [1.165, 1.54) is 19.3 Å². The van der Waals surface area contributed by atoms with Gasteiger partial charge in [-0.05, 0) is 36.3 Å². The van der Waals surface area contributed by atoms with E-state index in [9.17, 15) is 14.4 Å². The molecule has 0 saturated heterocycles. The summed E-state index contributed by atoms with van der Waals surface area (Å²) >= 11 is 0. The van der Waals surface area contributed by atoms with Crippen LogP contribution in [0.4, 0.5) is 4.79 Å². The van der Waals surface area contributed by atoms with Gasteiger partial charge in [0.2, 0.25) is 5.91 Å². The van der Waals surface area contributed by atoms with Crippen molar-refractivity contribution in [3.05, 3.63) is 34.7 Å². The quantitative estimate of drug-likeness (QED) is 0.845. The van der Waals surface area contributed by atoms with E-state index in [1.54, 1.807) is 16.7 Å². The molecule has 1 saturated carbocycles. The average Bonchev–Trinajstić information content (AvgIpc) is 2.91. The molecule has 1 heterocycles. The highest BCUT2D eigenvalue weighted by Gasteiger charge is 2.32. The maximum Gasteiger partial charge on any atom is 0.337 e. The zero-order valence-electron chi connectivity index (χ0n) is 16.9. The van der Waals surface area contributed by atoms with Gasteiger partial charge in [0.1, 0.15) is 6.04 Å². The zero-order chi connectivity index (χ0) is 20.5. The number of nitrogens with zero attached hydrogens (tertiary/aromatic N) is 2. The third-order valence-electron chi connectivity index (χ3n) is 5.62. The second kappa shape index (κ2) is 7.81. The summed E-state index contributed by atoms with van der Waals surface area (Å²) in [7, 11) is 0. The Bertz CT molecular complexity index is 929. The molecule has 1 aliphatic rings. The number of carbonyl (C=O) groups excluding carboxylic acids is 2. The van der Waals surface area contributed by atoms with Crippen LogP contribution in [0.3, 0.4) is 0 Å². The van der Waals surface area contributed by atoms with Crippen molar-refractivity contribution in [3.8, 4) is 0 Å². The molecule has 7 heteroatoms. The Hall–Kier alpha value is -2.57. The van der Waals surface area contributed by atoms with Crippen LogP contribution in [0.5, 0.6) is 0 Å². The largest absolute Gasteiger partial charge is 0.368 e. The number of para-hydroxylation sites is 2. The Morgan fingerprint density at radius 3 is 2.32 bits per heavy atom. The fraction of sp³-hybridized carbons (Fsp3) is 0.571. The molecule has 0 spiro atoms. The van der Waals surface area contributed by atoms with Gasteiger partial charge < -0.3 is 11.1 Å². The van der Waals surface area contributed by atoms with Gasteiger partial charge in [0.25, 0.3) is 0 Å². The minimum absolute atomic E-state index is 0.374. The highest BCUT2D eigenvalue weighted by molar-refractivity contribution is 5.92. The van der Waals surface area contributed by atoms with Crippen molar-refractivity contribution in [2.45, 2.75) is 65.5 Å². The molecule has 2 amide bonds. The van der Waals surface area contributed by atoms with Crippen LogP contribution in [0, 0.1) is 11.3 Å². The fourth-order valence-corrected chi connectivity index (χ4v) is 4.11. The van der Waals surface area contributed by atoms with E-state index in [2.05, 4.69) is 5.32 Å². The lowest BCUT2D eigenvalue weighted by Crippen LogP contribution is -2.54. The summed E-state index contributed by atoms with van der Waals surface area (Å²) in [5.41, 5.74) is 5.82. The molecule has 0 radical (unpaired) electrons. The number of fused-ring (bicyclic) bond motifs is 1. The number of carbonyl (C=O) groups is 2. The Kier molecular flexibility index (Phi) is 5.63. The number of amides is 2. The molecule has 1 atom stereocenters.